The van der Waals surface area contributed by atoms with Gasteiger partial charge in [0.2, 0.25) is 11.8 Å². The fourth-order valence-corrected chi connectivity index (χ4v) is 6.60. The molecule has 2 aliphatic heterocycles. The first-order valence-electron chi connectivity index (χ1n) is 13.3. The van der Waals surface area contributed by atoms with Crippen LogP contribution in [-0.2, 0) is 22.6 Å². The highest BCUT2D eigenvalue weighted by atomic mass is 32.1. The highest BCUT2D eigenvalue weighted by molar-refractivity contribution is 7.22. The second kappa shape index (κ2) is 10.2. The summed E-state index contributed by atoms with van der Waals surface area (Å²) in [6, 6.07) is 9.57. The molecule has 214 valence electrons. The van der Waals surface area contributed by atoms with Crippen molar-refractivity contribution in [3.8, 4) is 0 Å². The molecule has 2 atom stereocenters. The molecule has 2 aromatic carbocycles. The lowest BCUT2D eigenvalue weighted by molar-refractivity contribution is -0.158. The molecular weight excluding hydrogens is 548 g/mol. The van der Waals surface area contributed by atoms with Crippen LogP contribution >= 0.6 is 11.3 Å². The number of hydrazine groups is 1. The van der Waals surface area contributed by atoms with Gasteiger partial charge < -0.3 is 25.3 Å². The average molecular weight is 579 g/mol. The van der Waals surface area contributed by atoms with Crippen molar-refractivity contribution in [2.45, 2.75) is 45.1 Å². The number of H-pyrrole nitrogens is 1. The van der Waals surface area contributed by atoms with Crippen LogP contribution in [0.5, 0.6) is 0 Å². The third-order valence-corrected chi connectivity index (χ3v) is 8.40. The molecule has 2 aromatic heterocycles. The number of hydrogen-bond donors (Lipinski definition) is 3. The molecular formula is C27H30N8O5S. The van der Waals surface area contributed by atoms with Crippen LogP contribution in [0, 0.1) is 0 Å². The second-order valence-electron chi connectivity index (χ2n) is 10.5. The van der Waals surface area contributed by atoms with Crippen LogP contribution in [0.3, 0.4) is 0 Å². The highest BCUT2D eigenvalue weighted by Crippen LogP contribution is 2.33. The number of aromatic nitrogens is 2. The summed E-state index contributed by atoms with van der Waals surface area (Å²) in [5.41, 5.74) is 9.21. The van der Waals surface area contributed by atoms with E-state index in [-0.39, 0.29) is 49.9 Å². The third-order valence-electron chi connectivity index (χ3n) is 7.55. The van der Waals surface area contributed by atoms with Gasteiger partial charge in [-0.3, -0.25) is 19.6 Å². The minimum absolute atomic E-state index is 0.0438. The molecule has 2 fully saturated rings. The fourth-order valence-electron chi connectivity index (χ4n) is 5.82. The highest BCUT2D eigenvalue weighted by Gasteiger charge is 2.52. The lowest BCUT2D eigenvalue weighted by Crippen LogP contribution is -2.66. The Morgan fingerprint density at radius 3 is 2.83 bits per heavy atom. The molecule has 0 saturated carbocycles. The van der Waals surface area contributed by atoms with Gasteiger partial charge in [-0.15, -0.1) is 0 Å². The maximum atomic E-state index is 14.1. The van der Waals surface area contributed by atoms with Gasteiger partial charge in [-0.25, -0.2) is 14.6 Å². The largest absolute Gasteiger partial charge is 0.417 e. The zero-order valence-corrected chi connectivity index (χ0v) is 23.6. The molecule has 2 saturated heterocycles. The van der Waals surface area contributed by atoms with Gasteiger partial charge in [0.15, 0.2) is 10.7 Å². The number of hydrogen-bond acceptors (Lipinski definition) is 9. The maximum Gasteiger partial charge on any atom is 0.417 e. The van der Waals surface area contributed by atoms with Crippen LogP contribution in [-0.4, -0.2) is 86.0 Å². The number of carbonyl (C=O) groups excluding carboxylic acids is 3. The molecule has 0 bridgehead atoms. The van der Waals surface area contributed by atoms with E-state index in [1.807, 2.05) is 32.0 Å². The van der Waals surface area contributed by atoms with E-state index < -0.39 is 18.0 Å². The monoisotopic (exact) mass is 578 g/mol. The summed E-state index contributed by atoms with van der Waals surface area (Å²) in [4.78, 5) is 62.7. The van der Waals surface area contributed by atoms with Gasteiger partial charge >= 0.3 is 11.8 Å². The van der Waals surface area contributed by atoms with Crippen molar-refractivity contribution < 1.29 is 18.8 Å². The number of rotatable bonds is 6. The van der Waals surface area contributed by atoms with Crippen molar-refractivity contribution >= 4 is 55.6 Å². The first-order valence-corrected chi connectivity index (χ1v) is 14.1. The first-order chi connectivity index (χ1) is 19.6. The van der Waals surface area contributed by atoms with Crippen LogP contribution in [0.4, 0.5) is 9.93 Å². The molecule has 41 heavy (non-hydrogen) atoms. The predicted octanol–water partition coefficient (Wildman–Crippen LogP) is 1.70. The van der Waals surface area contributed by atoms with Gasteiger partial charge in [0.25, 0.3) is 0 Å². The molecule has 6 rings (SSSR count). The summed E-state index contributed by atoms with van der Waals surface area (Å²) in [6.45, 7) is 4.16. The Kier molecular flexibility index (Phi) is 6.66. The first kappa shape index (κ1) is 26.8. The number of fused-ring (bicyclic) bond motifs is 3. The molecule has 14 heteroatoms. The summed E-state index contributed by atoms with van der Waals surface area (Å²) in [7, 11) is 1.54. The Labute approximate surface area is 238 Å². The lowest BCUT2D eigenvalue weighted by atomic mass is 9.99. The zero-order valence-electron chi connectivity index (χ0n) is 22.8. The van der Waals surface area contributed by atoms with Crippen molar-refractivity contribution in [2.75, 3.05) is 25.9 Å². The smallest absolute Gasteiger partial charge is 0.408 e. The van der Waals surface area contributed by atoms with Crippen LogP contribution in [0.15, 0.2) is 45.6 Å². The maximum absolute atomic E-state index is 14.1. The number of carbonyl (C=O) groups is 3. The van der Waals surface area contributed by atoms with Gasteiger partial charge in [0.05, 0.1) is 28.8 Å². The number of anilines is 1. The van der Waals surface area contributed by atoms with Gasteiger partial charge in [-0.1, -0.05) is 29.5 Å². The Balaban J connectivity index is 1.39. The van der Waals surface area contributed by atoms with Gasteiger partial charge in [0.1, 0.15) is 12.2 Å². The van der Waals surface area contributed by atoms with E-state index in [9.17, 15) is 19.2 Å². The van der Waals surface area contributed by atoms with E-state index in [1.165, 1.54) is 16.3 Å². The Bertz CT molecular complexity index is 1730. The number of nitrogens with zero attached hydrogens (tertiary/aromatic N) is 5. The van der Waals surface area contributed by atoms with Crippen molar-refractivity contribution in [1.82, 2.24) is 35.1 Å². The summed E-state index contributed by atoms with van der Waals surface area (Å²) in [6.07, 6.45) is -0.371. The molecule has 0 unspecified atom stereocenters. The fraction of sp³-hybridized carbons (Fsp3) is 0.370. The Morgan fingerprint density at radius 2 is 2.07 bits per heavy atom. The number of nitrogens with one attached hydrogen (secondary N) is 2. The topological polar surface area (TPSA) is 161 Å². The number of urea groups is 1. The summed E-state index contributed by atoms with van der Waals surface area (Å²) < 4.78 is 6.15. The molecule has 2 aliphatic rings. The number of piperazine rings is 1. The molecule has 0 aliphatic carbocycles. The molecule has 4 heterocycles. The van der Waals surface area contributed by atoms with Crippen LogP contribution in [0.2, 0.25) is 0 Å². The Morgan fingerprint density at radius 1 is 1.27 bits per heavy atom. The minimum Gasteiger partial charge on any atom is -0.408 e. The van der Waals surface area contributed by atoms with Crippen LogP contribution in [0.25, 0.3) is 21.3 Å². The molecule has 13 nitrogen and oxygen atoms in total. The minimum atomic E-state index is -0.840. The predicted molar refractivity (Wildman–Crippen MR) is 153 cm³/mol. The average Bonchev–Trinajstić information content (AvgIpc) is 3.59. The molecule has 0 spiro atoms. The van der Waals surface area contributed by atoms with Crippen molar-refractivity contribution in [1.29, 1.82) is 0 Å². The molecule has 0 radical (unpaired) electrons. The van der Waals surface area contributed by atoms with E-state index in [4.69, 9.17) is 10.2 Å². The summed E-state index contributed by atoms with van der Waals surface area (Å²) in [5.74, 6) is -1.03. The number of oxazole rings is 1. The standard InChI is InChI=1S/C27H30N8O5S/c1-14(2)35(26(38)29-3)33-13-22(36)34-18(9-15-7-8-17-19(10-15)40-27(39)30-17)24(37)32(12-21(33)34)11-16-5-4-6-20-23(16)31-25(28)41-20/h4-8,10,14,18,21H,9,11-13H2,1-3H3,(H2,28,31)(H,29,38)(H,30,39)/t18-,21+/m0/s1. The summed E-state index contributed by atoms with van der Waals surface area (Å²) >= 11 is 1.38. The van der Waals surface area contributed by atoms with Crippen molar-refractivity contribution in [2.24, 2.45) is 0 Å². The van der Waals surface area contributed by atoms with Crippen LogP contribution in [0.1, 0.15) is 25.0 Å². The van der Waals surface area contributed by atoms with Crippen LogP contribution < -0.4 is 16.8 Å². The van der Waals surface area contributed by atoms with Gasteiger partial charge in [-0.2, -0.15) is 5.01 Å². The number of para-hydroxylation sites is 1. The molecule has 4 amide bonds. The summed E-state index contributed by atoms with van der Waals surface area (Å²) in [5, 5.41) is 6.39. The van der Waals surface area contributed by atoms with Gasteiger partial charge in [-0.05, 0) is 43.2 Å². The van der Waals surface area contributed by atoms with E-state index in [2.05, 4.69) is 15.3 Å². The van der Waals surface area contributed by atoms with Crippen molar-refractivity contribution in [3.05, 3.63) is 58.1 Å². The van der Waals surface area contributed by atoms with Gasteiger partial charge in [0, 0.05) is 26.1 Å². The zero-order chi connectivity index (χ0) is 29.0. The number of nitrogens with two attached hydrogens (primary N) is 1. The molecule has 4 aromatic rings. The quantitative estimate of drug-likeness (QED) is 0.312. The number of thiazole rings is 1. The number of aromatic amines is 1. The third kappa shape index (κ3) is 4.68. The number of amides is 4. The normalized spacial score (nSPS) is 19.5. The van der Waals surface area contributed by atoms with Crippen molar-refractivity contribution in [3.63, 3.8) is 0 Å². The lowest BCUT2D eigenvalue weighted by Gasteiger charge is -2.47. The SMILES string of the molecule is CNC(=O)N(C(C)C)N1CC(=O)N2[C@@H](Cc3ccc4[nH]c(=O)oc4c3)C(=O)N(Cc3cccc4sc(N)nc34)C[C@@H]21. The number of nitrogen functional groups attached to an aromatic ring is 1. The second-order valence-corrected chi connectivity index (χ2v) is 11.5. The van der Waals surface area contributed by atoms with E-state index in [1.54, 1.807) is 40.1 Å². The van der Waals surface area contributed by atoms with E-state index in [0.717, 1.165) is 21.3 Å². The molecule has 4 N–H and O–H groups in total. The number of benzene rings is 2. The van der Waals surface area contributed by atoms with E-state index >= 15 is 0 Å². The Hall–Kier alpha value is -4.43. The van der Waals surface area contributed by atoms with E-state index in [0.29, 0.717) is 16.2 Å².